The number of benzene rings is 1. The third-order valence-corrected chi connectivity index (χ3v) is 6.12. The van der Waals surface area contributed by atoms with Gasteiger partial charge >= 0.3 is 0 Å². The minimum Gasteiger partial charge on any atom is -0.384 e. The van der Waals surface area contributed by atoms with E-state index in [0.717, 1.165) is 44.6 Å². The Kier molecular flexibility index (Phi) is 7.50. The van der Waals surface area contributed by atoms with Gasteiger partial charge in [0, 0.05) is 36.4 Å². The van der Waals surface area contributed by atoms with E-state index in [-0.39, 0.29) is 5.91 Å². The number of nitrogens with one attached hydrogen (secondary N) is 1. The second-order valence-electron chi connectivity index (χ2n) is 8.30. The van der Waals surface area contributed by atoms with Gasteiger partial charge in [0.25, 0.3) is 5.91 Å². The van der Waals surface area contributed by atoms with Crippen molar-refractivity contribution in [3.8, 4) is 0 Å². The number of fused-ring (bicyclic) bond motifs is 2. The first-order valence-electron chi connectivity index (χ1n) is 11.9. The fourth-order valence-electron chi connectivity index (χ4n) is 4.25. The van der Waals surface area contributed by atoms with Crippen LogP contribution in [-0.2, 0) is 13.0 Å². The van der Waals surface area contributed by atoms with E-state index in [0.29, 0.717) is 29.5 Å². The molecule has 4 heterocycles. The Hall–Kier alpha value is -3.97. The molecule has 3 N–H and O–H groups in total. The number of nitrogens with two attached hydrogens (primary N) is 1. The Morgan fingerprint density at radius 2 is 1.89 bits per heavy atom. The molecule has 0 aliphatic heterocycles. The lowest BCUT2D eigenvalue weighted by Gasteiger charge is -2.11. The molecule has 5 aromatic rings. The Morgan fingerprint density at radius 3 is 2.67 bits per heavy atom. The molecule has 0 fully saturated rings. The van der Waals surface area contributed by atoms with E-state index in [2.05, 4.69) is 21.4 Å². The molecule has 0 radical (unpaired) electrons. The number of hydrogen-bond acceptors (Lipinski definition) is 5. The van der Waals surface area contributed by atoms with Gasteiger partial charge in [0.05, 0.1) is 16.1 Å². The minimum absolute atomic E-state index is 0.236. The summed E-state index contributed by atoms with van der Waals surface area (Å²) < 4.78 is 1.95. The van der Waals surface area contributed by atoms with Gasteiger partial charge in [-0.2, -0.15) is 0 Å². The van der Waals surface area contributed by atoms with Crippen LogP contribution in [0.2, 0.25) is 5.02 Å². The number of pyridine rings is 3. The summed E-state index contributed by atoms with van der Waals surface area (Å²) in [5.74, 6) is 1.01. The lowest BCUT2D eigenvalue weighted by atomic mass is 10.1. The molecule has 8 heteroatoms. The lowest BCUT2D eigenvalue weighted by Crippen LogP contribution is -2.24. The molecule has 0 aliphatic rings. The van der Waals surface area contributed by atoms with Gasteiger partial charge in [-0.15, -0.1) is 0 Å². The Balaban J connectivity index is 0.00000148. The van der Waals surface area contributed by atoms with Crippen LogP contribution in [0.5, 0.6) is 0 Å². The predicted molar refractivity (Wildman–Crippen MR) is 145 cm³/mol. The highest BCUT2D eigenvalue weighted by Crippen LogP contribution is 2.22. The number of carbonyl (C=O) groups is 1. The highest BCUT2D eigenvalue weighted by Gasteiger charge is 2.18. The summed E-state index contributed by atoms with van der Waals surface area (Å²) in [6, 6.07) is 15.5. The zero-order valence-corrected chi connectivity index (χ0v) is 21.6. The normalized spacial score (nSPS) is 10.8. The summed E-state index contributed by atoms with van der Waals surface area (Å²) in [5.41, 5.74) is 11.6. The first-order valence-corrected chi connectivity index (χ1v) is 12.3. The van der Waals surface area contributed by atoms with Gasteiger partial charge in [-0.3, -0.25) is 9.78 Å². The van der Waals surface area contributed by atoms with Crippen LogP contribution in [0.3, 0.4) is 0 Å². The summed E-state index contributed by atoms with van der Waals surface area (Å²) in [7, 11) is 0. The van der Waals surface area contributed by atoms with E-state index in [1.54, 1.807) is 6.20 Å². The standard InChI is InChI=1S/C26H23ClN6O.C2H6/c1-15-9-23(28)31-16(2)20(15)14-30-26(34)25-22-5-3-4-8-33(22)24(32-25)11-17-6-7-21-18(10-17)12-19(27)13-29-21;1-2/h3-10,12-13H,11,14H2,1-2H3,(H2,28,31)(H,30,34);1-2H3. The summed E-state index contributed by atoms with van der Waals surface area (Å²) in [6.45, 7) is 8.20. The predicted octanol–water partition coefficient (Wildman–Crippen LogP) is 5.68. The number of aryl methyl sites for hydroxylation is 2. The van der Waals surface area contributed by atoms with Crippen LogP contribution in [0.4, 0.5) is 5.82 Å². The molecule has 0 bridgehead atoms. The minimum atomic E-state index is -0.236. The van der Waals surface area contributed by atoms with Gasteiger partial charge in [0.15, 0.2) is 5.69 Å². The molecule has 1 aromatic carbocycles. The smallest absolute Gasteiger partial charge is 0.272 e. The molecule has 0 saturated heterocycles. The summed E-state index contributed by atoms with van der Waals surface area (Å²) in [5, 5.41) is 4.56. The monoisotopic (exact) mass is 500 g/mol. The maximum atomic E-state index is 13.1. The molecule has 4 aromatic heterocycles. The average Bonchev–Trinajstić information content (AvgIpc) is 3.23. The molecule has 0 atom stereocenters. The van der Waals surface area contributed by atoms with Crippen LogP contribution in [0, 0.1) is 13.8 Å². The zero-order valence-electron chi connectivity index (χ0n) is 20.8. The first kappa shape index (κ1) is 25.1. The number of nitrogens with zero attached hydrogens (tertiary/aromatic N) is 4. The average molecular weight is 501 g/mol. The second kappa shape index (κ2) is 10.7. The van der Waals surface area contributed by atoms with Gasteiger partial charge in [0.2, 0.25) is 0 Å². The van der Waals surface area contributed by atoms with Crippen molar-refractivity contribution in [3.05, 3.63) is 99.8 Å². The van der Waals surface area contributed by atoms with Crippen LogP contribution in [0.25, 0.3) is 16.4 Å². The summed E-state index contributed by atoms with van der Waals surface area (Å²) >= 11 is 6.12. The number of carbonyl (C=O) groups excluding carboxylic acids is 1. The molecule has 0 spiro atoms. The van der Waals surface area contributed by atoms with Gasteiger partial charge < -0.3 is 15.5 Å². The van der Waals surface area contributed by atoms with Gasteiger partial charge in [0.1, 0.15) is 11.6 Å². The number of nitrogen functional groups attached to an aromatic ring is 1. The summed E-state index contributed by atoms with van der Waals surface area (Å²) in [6.07, 6.45) is 4.12. The van der Waals surface area contributed by atoms with E-state index in [9.17, 15) is 4.79 Å². The van der Waals surface area contributed by atoms with E-state index < -0.39 is 0 Å². The Labute approximate surface area is 215 Å². The fraction of sp³-hybridized carbons (Fsp3) is 0.214. The molecular formula is C28H29ClN6O. The van der Waals surface area contributed by atoms with Crippen LogP contribution >= 0.6 is 11.6 Å². The maximum absolute atomic E-state index is 13.1. The number of imidazole rings is 1. The number of hydrogen-bond donors (Lipinski definition) is 2. The third kappa shape index (κ3) is 5.16. The number of amides is 1. The van der Waals surface area contributed by atoms with Crippen LogP contribution in [0.1, 0.15) is 52.5 Å². The molecule has 0 unspecified atom stereocenters. The number of aromatic nitrogens is 4. The largest absolute Gasteiger partial charge is 0.384 e. The van der Waals surface area contributed by atoms with E-state index >= 15 is 0 Å². The molecule has 184 valence electrons. The van der Waals surface area contributed by atoms with Crippen molar-refractivity contribution >= 4 is 39.7 Å². The molecule has 0 saturated carbocycles. The van der Waals surface area contributed by atoms with Crippen LogP contribution in [0.15, 0.2) is 60.9 Å². The lowest BCUT2D eigenvalue weighted by molar-refractivity contribution is 0.0948. The van der Waals surface area contributed by atoms with Gasteiger partial charge in [-0.25, -0.2) is 9.97 Å². The molecule has 7 nitrogen and oxygen atoms in total. The Morgan fingerprint density at radius 1 is 1.08 bits per heavy atom. The topological polar surface area (TPSA) is 98.2 Å². The first-order chi connectivity index (χ1) is 17.4. The number of rotatable bonds is 5. The SMILES string of the molecule is CC.Cc1cc(N)nc(C)c1CNC(=O)c1nc(Cc2ccc3ncc(Cl)cc3c2)n2ccccc12. The van der Waals surface area contributed by atoms with Crippen molar-refractivity contribution in [2.75, 3.05) is 5.73 Å². The van der Waals surface area contributed by atoms with Crippen molar-refractivity contribution in [1.82, 2.24) is 24.7 Å². The molecule has 36 heavy (non-hydrogen) atoms. The third-order valence-electron chi connectivity index (χ3n) is 5.91. The van der Waals surface area contributed by atoms with Crippen molar-refractivity contribution in [1.29, 1.82) is 0 Å². The highest BCUT2D eigenvalue weighted by molar-refractivity contribution is 6.31. The van der Waals surface area contributed by atoms with Crippen LogP contribution in [-0.4, -0.2) is 25.3 Å². The highest BCUT2D eigenvalue weighted by atomic mass is 35.5. The van der Waals surface area contributed by atoms with Crippen molar-refractivity contribution in [2.45, 2.75) is 40.7 Å². The zero-order chi connectivity index (χ0) is 25.8. The molecule has 1 amide bonds. The molecular weight excluding hydrogens is 472 g/mol. The van der Waals surface area contributed by atoms with E-state index in [4.69, 9.17) is 22.3 Å². The molecule has 5 rings (SSSR count). The summed E-state index contributed by atoms with van der Waals surface area (Å²) in [4.78, 5) is 26.5. The fourth-order valence-corrected chi connectivity index (χ4v) is 4.41. The number of anilines is 1. The second-order valence-corrected chi connectivity index (χ2v) is 8.74. The van der Waals surface area contributed by atoms with E-state index in [1.807, 2.05) is 80.8 Å². The molecule has 0 aliphatic carbocycles. The van der Waals surface area contributed by atoms with Gasteiger partial charge in [-0.05, 0) is 66.9 Å². The quantitative estimate of drug-likeness (QED) is 0.323. The van der Waals surface area contributed by atoms with Crippen LogP contribution < -0.4 is 11.1 Å². The Bertz CT molecular complexity index is 1540. The van der Waals surface area contributed by atoms with Crippen molar-refractivity contribution in [2.24, 2.45) is 0 Å². The number of halogens is 1. The van der Waals surface area contributed by atoms with Gasteiger partial charge in [-0.1, -0.05) is 37.6 Å². The van der Waals surface area contributed by atoms with Crippen molar-refractivity contribution < 1.29 is 4.79 Å². The maximum Gasteiger partial charge on any atom is 0.272 e. The van der Waals surface area contributed by atoms with Crippen molar-refractivity contribution in [3.63, 3.8) is 0 Å². The van der Waals surface area contributed by atoms with E-state index in [1.165, 1.54) is 0 Å².